The Morgan fingerprint density at radius 3 is 2.29 bits per heavy atom. The Hall–Kier alpha value is -1.87. The summed E-state index contributed by atoms with van der Waals surface area (Å²) in [6, 6.07) is 13.3. The monoisotopic (exact) mass is 283 g/mol. The number of hydrogen-bond acceptors (Lipinski definition) is 3. The number of aryl methyl sites for hydroxylation is 1. The number of anilines is 1. The highest BCUT2D eigenvalue weighted by Crippen LogP contribution is 2.20. The van der Waals surface area contributed by atoms with Gasteiger partial charge >= 0.3 is 0 Å². The number of nitrogens with one attached hydrogen (secondary N) is 1. The molecule has 1 heterocycles. The zero-order valence-corrected chi connectivity index (χ0v) is 13.4. The summed E-state index contributed by atoms with van der Waals surface area (Å²) in [5.41, 5.74) is 4.93. The molecule has 21 heavy (non-hydrogen) atoms. The molecule has 1 aromatic carbocycles. The SMILES string of the molecule is CCc1ccc(CC(NC)c2ccc(N(C)C)cc2)nc1. The number of hydrogen-bond donors (Lipinski definition) is 1. The first-order valence-electron chi connectivity index (χ1n) is 7.52. The van der Waals surface area contributed by atoms with E-state index < -0.39 is 0 Å². The largest absolute Gasteiger partial charge is 0.378 e. The lowest BCUT2D eigenvalue weighted by Gasteiger charge is -2.18. The van der Waals surface area contributed by atoms with Gasteiger partial charge in [-0.3, -0.25) is 4.98 Å². The standard InChI is InChI=1S/C18H25N3/c1-5-14-6-9-16(20-13-14)12-18(19-2)15-7-10-17(11-8-15)21(3)4/h6-11,13,18-19H,5,12H2,1-4H3. The van der Waals surface area contributed by atoms with Gasteiger partial charge in [-0.2, -0.15) is 0 Å². The Labute approximate surface area is 128 Å². The van der Waals surface area contributed by atoms with E-state index in [1.165, 1.54) is 16.8 Å². The predicted molar refractivity (Wildman–Crippen MR) is 89.9 cm³/mol. The van der Waals surface area contributed by atoms with Crippen molar-refractivity contribution in [1.82, 2.24) is 10.3 Å². The minimum absolute atomic E-state index is 0.293. The lowest BCUT2D eigenvalue weighted by molar-refractivity contribution is 0.584. The van der Waals surface area contributed by atoms with Crippen molar-refractivity contribution in [3.8, 4) is 0 Å². The van der Waals surface area contributed by atoms with Crippen molar-refractivity contribution in [1.29, 1.82) is 0 Å². The Balaban J connectivity index is 2.11. The summed E-state index contributed by atoms with van der Waals surface area (Å²) in [4.78, 5) is 6.67. The van der Waals surface area contributed by atoms with Crippen molar-refractivity contribution < 1.29 is 0 Å². The lowest BCUT2D eigenvalue weighted by atomic mass is 10.0. The normalized spacial score (nSPS) is 12.2. The van der Waals surface area contributed by atoms with Crippen LogP contribution in [0.2, 0.25) is 0 Å². The molecule has 0 spiro atoms. The summed E-state index contributed by atoms with van der Waals surface area (Å²) in [7, 11) is 6.12. The fraction of sp³-hybridized carbons (Fsp3) is 0.389. The molecular formula is C18H25N3. The number of nitrogens with zero attached hydrogens (tertiary/aromatic N) is 2. The number of aromatic nitrogens is 1. The number of likely N-dealkylation sites (N-methyl/N-ethyl adjacent to an activating group) is 1. The summed E-state index contributed by atoms with van der Waals surface area (Å²) in [6.45, 7) is 2.15. The first-order chi connectivity index (χ1) is 10.1. The molecule has 0 aliphatic heterocycles. The molecule has 0 aliphatic carbocycles. The summed E-state index contributed by atoms with van der Waals surface area (Å²) in [6.07, 6.45) is 3.92. The van der Waals surface area contributed by atoms with Crippen molar-refractivity contribution in [2.24, 2.45) is 0 Å². The van der Waals surface area contributed by atoms with Gasteiger partial charge < -0.3 is 10.2 Å². The predicted octanol–water partition coefficient (Wildman–Crippen LogP) is 3.21. The Bertz CT molecular complexity index is 544. The van der Waals surface area contributed by atoms with Crippen LogP contribution < -0.4 is 10.2 Å². The van der Waals surface area contributed by atoms with Crippen LogP contribution in [-0.4, -0.2) is 26.1 Å². The molecule has 1 aromatic heterocycles. The van der Waals surface area contributed by atoms with E-state index in [9.17, 15) is 0 Å². The third-order valence-electron chi connectivity index (χ3n) is 3.87. The highest BCUT2D eigenvalue weighted by molar-refractivity contribution is 5.46. The fourth-order valence-electron chi connectivity index (χ4n) is 2.39. The molecule has 0 fully saturated rings. The minimum atomic E-state index is 0.293. The van der Waals surface area contributed by atoms with Crippen molar-refractivity contribution in [2.75, 3.05) is 26.0 Å². The zero-order valence-electron chi connectivity index (χ0n) is 13.4. The molecule has 0 aliphatic rings. The van der Waals surface area contributed by atoms with Crippen LogP contribution in [0, 0.1) is 0 Å². The molecule has 2 rings (SSSR count). The molecule has 2 aromatic rings. The lowest BCUT2D eigenvalue weighted by Crippen LogP contribution is -2.19. The summed E-state index contributed by atoms with van der Waals surface area (Å²) in [5.74, 6) is 0. The van der Waals surface area contributed by atoms with Gasteiger partial charge in [0.1, 0.15) is 0 Å². The highest BCUT2D eigenvalue weighted by Gasteiger charge is 2.11. The fourth-order valence-corrected chi connectivity index (χ4v) is 2.39. The third kappa shape index (κ3) is 4.05. The van der Waals surface area contributed by atoms with E-state index in [0.717, 1.165) is 18.5 Å². The third-order valence-corrected chi connectivity index (χ3v) is 3.87. The molecule has 1 unspecified atom stereocenters. The average molecular weight is 283 g/mol. The van der Waals surface area contributed by atoms with Crippen molar-refractivity contribution in [3.05, 3.63) is 59.4 Å². The Kier molecular flexibility index (Phi) is 5.34. The highest BCUT2D eigenvalue weighted by atomic mass is 15.1. The molecule has 0 radical (unpaired) electrons. The van der Waals surface area contributed by atoms with Crippen LogP contribution in [0.4, 0.5) is 5.69 Å². The molecule has 0 amide bonds. The Morgan fingerprint density at radius 1 is 1.10 bits per heavy atom. The van der Waals surface area contributed by atoms with Crippen LogP contribution in [0.15, 0.2) is 42.6 Å². The number of rotatable bonds is 6. The van der Waals surface area contributed by atoms with E-state index in [4.69, 9.17) is 0 Å². The van der Waals surface area contributed by atoms with Gasteiger partial charge in [-0.15, -0.1) is 0 Å². The van der Waals surface area contributed by atoms with E-state index in [1.54, 1.807) is 0 Å². The van der Waals surface area contributed by atoms with Crippen LogP contribution in [0.25, 0.3) is 0 Å². The van der Waals surface area contributed by atoms with Gasteiger partial charge in [0.2, 0.25) is 0 Å². The molecular weight excluding hydrogens is 258 g/mol. The average Bonchev–Trinajstić information content (AvgIpc) is 2.53. The van der Waals surface area contributed by atoms with Gasteiger partial charge in [0.15, 0.2) is 0 Å². The van der Waals surface area contributed by atoms with E-state index in [1.807, 2.05) is 13.2 Å². The molecule has 1 atom stereocenters. The van der Waals surface area contributed by atoms with E-state index in [-0.39, 0.29) is 0 Å². The molecule has 0 bridgehead atoms. The van der Waals surface area contributed by atoms with Crippen molar-refractivity contribution in [2.45, 2.75) is 25.8 Å². The smallest absolute Gasteiger partial charge is 0.0422 e. The summed E-state index contributed by atoms with van der Waals surface area (Å²) in [5, 5.41) is 3.39. The van der Waals surface area contributed by atoms with Gasteiger partial charge in [0.05, 0.1) is 0 Å². The molecule has 3 heteroatoms. The summed E-state index contributed by atoms with van der Waals surface area (Å²) >= 11 is 0. The van der Waals surface area contributed by atoms with Gasteiger partial charge in [-0.25, -0.2) is 0 Å². The van der Waals surface area contributed by atoms with Gasteiger partial charge in [0.25, 0.3) is 0 Å². The van der Waals surface area contributed by atoms with Crippen molar-refractivity contribution >= 4 is 5.69 Å². The number of pyridine rings is 1. The number of benzene rings is 1. The second-order valence-corrected chi connectivity index (χ2v) is 5.54. The second-order valence-electron chi connectivity index (χ2n) is 5.54. The maximum atomic E-state index is 4.56. The first-order valence-corrected chi connectivity index (χ1v) is 7.52. The van der Waals surface area contributed by atoms with Crippen LogP contribution in [0.1, 0.15) is 29.8 Å². The molecule has 3 nitrogen and oxygen atoms in total. The van der Waals surface area contributed by atoms with Crippen LogP contribution in [0.5, 0.6) is 0 Å². The van der Waals surface area contributed by atoms with Crippen LogP contribution >= 0.6 is 0 Å². The van der Waals surface area contributed by atoms with Crippen molar-refractivity contribution in [3.63, 3.8) is 0 Å². The molecule has 0 saturated carbocycles. The maximum Gasteiger partial charge on any atom is 0.0422 e. The Morgan fingerprint density at radius 2 is 1.81 bits per heavy atom. The first kappa shape index (κ1) is 15.5. The zero-order chi connectivity index (χ0) is 15.2. The van der Waals surface area contributed by atoms with Gasteiger partial charge in [-0.1, -0.05) is 25.1 Å². The van der Waals surface area contributed by atoms with Crippen LogP contribution in [0.3, 0.4) is 0 Å². The summed E-state index contributed by atoms with van der Waals surface area (Å²) < 4.78 is 0. The quantitative estimate of drug-likeness (QED) is 0.882. The molecule has 1 N–H and O–H groups in total. The van der Waals surface area contributed by atoms with Gasteiger partial charge in [0, 0.05) is 44.1 Å². The second kappa shape index (κ2) is 7.23. The molecule has 0 saturated heterocycles. The topological polar surface area (TPSA) is 28.2 Å². The van der Waals surface area contributed by atoms with E-state index in [0.29, 0.717) is 6.04 Å². The minimum Gasteiger partial charge on any atom is -0.378 e. The maximum absolute atomic E-state index is 4.56. The van der Waals surface area contributed by atoms with Gasteiger partial charge in [-0.05, 0) is 42.8 Å². The molecule has 112 valence electrons. The van der Waals surface area contributed by atoms with Crippen LogP contribution in [-0.2, 0) is 12.8 Å². The van der Waals surface area contributed by atoms with E-state index in [2.05, 4.69) is 72.6 Å². The van der Waals surface area contributed by atoms with E-state index >= 15 is 0 Å².